The fourth-order valence-corrected chi connectivity index (χ4v) is 1.90. The smallest absolute Gasteiger partial charge is 0.140 e. The third-order valence-electron chi connectivity index (χ3n) is 2.76. The van der Waals surface area contributed by atoms with E-state index >= 15 is 0 Å². The zero-order valence-corrected chi connectivity index (χ0v) is 10.9. The van der Waals surface area contributed by atoms with Gasteiger partial charge in [0.05, 0.1) is 0 Å². The van der Waals surface area contributed by atoms with Crippen LogP contribution in [0.2, 0.25) is 0 Å². The van der Waals surface area contributed by atoms with Crippen LogP contribution in [0, 0.1) is 0 Å². The van der Waals surface area contributed by atoms with E-state index in [4.69, 9.17) is 0 Å². The highest BCUT2D eigenvalue weighted by molar-refractivity contribution is 5.35. The third kappa shape index (κ3) is 2.23. The molecular formula is C14H19N3. The maximum Gasteiger partial charge on any atom is 0.140 e. The van der Waals surface area contributed by atoms with Gasteiger partial charge in [-0.25, -0.2) is 0 Å². The molecule has 0 N–H and O–H groups in total. The first-order valence-corrected chi connectivity index (χ1v) is 6.12. The predicted molar refractivity (Wildman–Crippen MR) is 69.5 cm³/mol. The zero-order chi connectivity index (χ0) is 12.4. The molecule has 0 aliphatic carbocycles. The average Bonchev–Trinajstić information content (AvgIpc) is 2.74. The van der Waals surface area contributed by atoms with Crippen molar-refractivity contribution < 1.29 is 0 Å². The van der Waals surface area contributed by atoms with Crippen LogP contribution in [0.5, 0.6) is 0 Å². The zero-order valence-electron chi connectivity index (χ0n) is 10.9. The number of hydrogen-bond donors (Lipinski definition) is 0. The number of aromatic nitrogens is 3. The van der Waals surface area contributed by atoms with Gasteiger partial charge in [-0.1, -0.05) is 45.9 Å². The Balaban J connectivity index is 2.60. The summed E-state index contributed by atoms with van der Waals surface area (Å²) < 4.78 is 2.18. The van der Waals surface area contributed by atoms with Gasteiger partial charge in [0.1, 0.15) is 11.6 Å². The number of rotatable bonds is 3. The molecule has 1 aromatic heterocycles. The number of nitrogens with zero attached hydrogens (tertiary/aromatic N) is 3. The van der Waals surface area contributed by atoms with Crippen LogP contribution in [0.1, 0.15) is 51.2 Å². The molecule has 1 aromatic carbocycles. The van der Waals surface area contributed by atoms with Crippen LogP contribution in [-0.4, -0.2) is 14.8 Å². The molecule has 17 heavy (non-hydrogen) atoms. The summed E-state index contributed by atoms with van der Waals surface area (Å²) in [6.45, 7) is 8.59. The molecule has 0 saturated heterocycles. The Bertz CT molecular complexity index is 458. The minimum Gasteiger partial charge on any atom is -0.283 e. The van der Waals surface area contributed by atoms with Gasteiger partial charge in [-0.2, -0.15) is 0 Å². The van der Waals surface area contributed by atoms with E-state index in [1.807, 2.05) is 18.2 Å². The summed E-state index contributed by atoms with van der Waals surface area (Å²) in [5.74, 6) is 2.80. The van der Waals surface area contributed by atoms with Crippen LogP contribution in [0.3, 0.4) is 0 Å². The first kappa shape index (κ1) is 11.8. The van der Waals surface area contributed by atoms with Crippen molar-refractivity contribution in [2.45, 2.75) is 39.5 Å². The van der Waals surface area contributed by atoms with Crippen molar-refractivity contribution in [3.8, 4) is 5.69 Å². The van der Waals surface area contributed by atoms with E-state index in [1.54, 1.807) is 0 Å². The minimum atomic E-state index is 0.371. The molecule has 0 fully saturated rings. The molecule has 0 spiro atoms. The van der Waals surface area contributed by atoms with E-state index in [9.17, 15) is 0 Å². The second-order valence-electron chi connectivity index (χ2n) is 4.90. The quantitative estimate of drug-likeness (QED) is 0.806. The van der Waals surface area contributed by atoms with E-state index < -0.39 is 0 Å². The van der Waals surface area contributed by atoms with Gasteiger partial charge >= 0.3 is 0 Å². The summed E-state index contributed by atoms with van der Waals surface area (Å²) in [7, 11) is 0. The lowest BCUT2D eigenvalue weighted by Crippen LogP contribution is -2.07. The van der Waals surface area contributed by atoms with E-state index in [2.05, 4.69) is 54.6 Å². The Hall–Kier alpha value is -1.64. The maximum absolute atomic E-state index is 4.33. The topological polar surface area (TPSA) is 30.7 Å². The monoisotopic (exact) mass is 229 g/mol. The summed E-state index contributed by atoms with van der Waals surface area (Å²) in [6.07, 6.45) is 0. The minimum absolute atomic E-state index is 0.371. The van der Waals surface area contributed by atoms with Crippen molar-refractivity contribution in [3.05, 3.63) is 42.0 Å². The van der Waals surface area contributed by atoms with Crippen molar-refractivity contribution in [1.29, 1.82) is 0 Å². The molecule has 0 radical (unpaired) electrons. The molecule has 90 valence electrons. The van der Waals surface area contributed by atoms with Gasteiger partial charge in [0.2, 0.25) is 0 Å². The lowest BCUT2D eigenvalue weighted by Gasteiger charge is -2.13. The van der Waals surface area contributed by atoms with Gasteiger partial charge in [-0.05, 0) is 12.1 Å². The van der Waals surface area contributed by atoms with Gasteiger partial charge in [-0.15, -0.1) is 10.2 Å². The van der Waals surface area contributed by atoms with Gasteiger partial charge in [-0.3, -0.25) is 4.57 Å². The maximum atomic E-state index is 4.33. The van der Waals surface area contributed by atoms with Crippen LogP contribution in [0.25, 0.3) is 5.69 Å². The first-order valence-electron chi connectivity index (χ1n) is 6.12. The third-order valence-corrected chi connectivity index (χ3v) is 2.76. The lowest BCUT2D eigenvalue weighted by molar-refractivity contribution is 0.709. The first-order chi connectivity index (χ1) is 8.11. The van der Waals surface area contributed by atoms with Crippen molar-refractivity contribution in [1.82, 2.24) is 14.8 Å². The second-order valence-corrected chi connectivity index (χ2v) is 4.90. The van der Waals surface area contributed by atoms with Crippen molar-refractivity contribution in [2.24, 2.45) is 0 Å². The van der Waals surface area contributed by atoms with Crippen LogP contribution in [-0.2, 0) is 0 Å². The molecule has 0 amide bonds. The average molecular weight is 229 g/mol. The summed E-state index contributed by atoms with van der Waals surface area (Å²) in [5, 5.41) is 8.65. The molecule has 2 rings (SSSR count). The van der Waals surface area contributed by atoms with Crippen molar-refractivity contribution in [3.63, 3.8) is 0 Å². The van der Waals surface area contributed by atoms with Gasteiger partial charge < -0.3 is 0 Å². The Kier molecular flexibility index (Phi) is 3.27. The van der Waals surface area contributed by atoms with Gasteiger partial charge in [0.25, 0.3) is 0 Å². The standard InChI is InChI=1S/C14H19N3/c1-10(2)13-15-16-14(11(3)4)17(13)12-8-6-5-7-9-12/h5-11H,1-4H3. The Morgan fingerprint density at radius 2 is 1.29 bits per heavy atom. The molecule has 1 heterocycles. The molecule has 0 bridgehead atoms. The van der Waals surface area contributed by atoms with Crippen LogP contribution in [0.4, 0.5) is 0 Å². The molecule has 2 aromatic rings. The van der Waals surface area contributed by atoms with Crippen LogP contribution in [0.15, 0.2) is 30.3 Å². The van der Waals surface area contributed by atoms with Crippen LogP contribution >= 0.6 is 0 Å². The van der Waals surface area contributed by atoms with Crippen LogP contribution < -0.4 is 0 Å². The molecular weight excluding hydrogens is 210 g/mol. The molecule has 0 saturated carbocycles. The summed E-state index contributed by atoms with van der Waals surface area (Å²) in [5.41, 5.74) is 1.14. The highest BCUT2D eigenvalue weighted by Crippen LogP contribution is 2.23. The van der Waals surface area contributed by atoms with Gasteiger partial charge in [0.15, 0.2) is 0 Å². The highest BCUT2D eigenvalue weighted by atomic mass is 15.3. The normalized spacial score (nSPS) is 11.4. The largest absolute Gasteiger partial charge is 0.283 e. The SMILES string of the molecule is CC(C)c1nnc(C(C)C)n1-c1ccccc1. The Morgan fingerprint density at radius 1 is 0.824 bits per heavy atom. The number of para-hydroxylation sites is 1. The van der Waals surface area contributed by atoms with Gasteiger partial charge in [0, 0.05) is 17.5 Å². The van der Waals surface area contributed by atoms with Crippen molar-refractivity contribution in [2.75, 3.05) is 0 Å². The fraction of sp³-hybridized carbons (Fsp3) is 0.429. The predicted octanol–water partition coefficient (Wildman–Crippen LogP) is 3.51. The summed E-state index contributed by atoms with van der Waals surface area (Å²) in [4.78, 5) is 0. The molecule has 0 aliphatic heterocycles. The van der Waals surface area contributed by atoms with E-state index in [0.29, 0.717) is 11.8 Å². The molecule has 3 heteroatoms. The number of hydrogen-bond acceptors (Lipinski definition) is 2. The summed E-state index contributed by atoms with van der Waals surface area (Å²) in [6, 6.07) is 10.3. The number of benzene rings is 1. The van der Waals surface area contributed by atoms with E-state index in [0.717, 1.165) is 17.3 Å². The highest BCUT2D eigenvalue weighted by Gasteiger charge is 2.17. The van der Waals surface area contributed by atoms with E-state index in [-0.39, 0.29) is 0 Å². The molecule has 0 aliphatic rings. The Morgan fingerprint density at radius 3 is 1.71 bits per heavy atom. The lowest BCUT2D eigenvalue weighted by atomic mass is 10.1. The molecule has 0 atom stereocenters. The Labute approximate surface area is 103 Å². The fourth-order valence-electron chi connectivity index (χ4n) is 1.90. The second kappa shape index (κ2) is 4.70. The molecule has 3 nitrogen and oxygen atoms in total. The summed E-state index contributed by atoms with van der Waals surface area (Å²) >= 11 is 0. The van der Waals surface area contributed by atoms with Crippen molar-refractivity contribution >= 4 is 0 Å². The van der Waals surface area contributed by atoms with E-state index in [1.165, 1.54) is 0 Å². The molecule has 0 unspecified atom stereocenters.